The summed E-state index contributed by atoms with van der Waals surface area (Å²) in [5, 5.41) is 7.95. The molecule has 0 aromatic carbocycles. The number of carbonyl (C=O) groups excluding carboxylic acids is 1. The van der Waals surface area contributed by atoms with Crippen LogP contribution in [0.5, 0.6) is 0 Å². The number of nitrogens with zero attached hydrogens (tertiary/aromatic N) is 3. The average molecular weight is 266 g/mol. The second kappa shape index (κ2) is 6.47. The van der Waals surface area contributed by atoms with Gasteiger partial charge in [-0.3, -0.25) is 0 Å². The zero-order valence-corrected chi connectivity index (χ0v) is 12.0. The Morgan fingerprint density at radius 1 is 1.42 bits per heavy atom. The summed E-state index contributed by atoms with van der Waals surface area (Å²) in [5.41, 5.74) is 5.95. The van der Waals surface area contributed by atoms with Crippen LogP contribution in [0.4, 0.5) is 5.82 Å². The van der Waals surface area contributed by atoms with Gasteiger partial charge < -0.3 is 15.4 Å². The van der Waals surface area contributed by atoms with Crippen molar-refractivity contribution in [3.05, 3.63) is 17.8 Å². The van der Waals surface area contributed by atoms with Crippen LogP contribution in [0.2, 0.25) is 0 Å². The number of aromatic nitrogens is 2. The first-order valence-corrected chi connectivity index (χ1v) is 6.30. The van der Waals surface area contributed by atoms with E-state index >= 15 is 0 Å². The highest BCUT2D eigenvalue weighted by molar-refractivity contribution is 5.86. The van der Waals surface area contributed by atoms with Gasteiger partial charge in [-0.15, -0.1) is 10.2 Å². The van der Waals surface area contributed by atoms with Gasteiger partial charge in [0.05, 0.1) is 7.11 Å². The number of nitrogens with two attached hydrogens (primary N) is 1. The van der Waals surface area contributed by atoms with Gasteiger partial charge in [-0.1, -0.05) is 13.8 Å². The molecule has 0 spiro atoms. The van der Waals surface area contributed by atoms with E-state index in [1.165, 1.54) is 7.11 Å². The lowest BCUT2D eigenvalue weighted by molar-refractivity contribution is 0.0592. The largest absolute Gasteiger partial charge is 0.464 e. The number of hydrogen-bond donors (Lipinski definition) is 1. The van der Waals surface area contributed by atoms with E-state index in [2.05, 4.69) is 33.7 Å². The second-order valence-corrected chi connectivity index (χ2v) is 5.15. The minimum Gasteiger partial charge on any atom is -0.464 e. The van der Waals surface area contributed by atoms with Crippen LogP contribution in [0.1, 0.15) is 31.3 Å². The molecule has 1 aromatic heterocycles. The molecule has 1 rings (SSSR count). The monoisotopic (exact) mass is 266 g/mol. The summed E-state index contributed by atoms with van der Waals surface area (Å²) in [5.74, 6) is 0.251. The van der Waals surface area contributed by atoms with E-state index in [9.17, 15) is 4.79 Å². The Kier molecular flexibility index (Phi) is 5.23. The van der Waals surface area contributed by atoms with Crippen LogP contribution in [0.3, 0.4) is 0 Å². The van der Waals surface area contributed by atoms with Gasteiger partial charge in [-0.05, 0) is 31.0 Å². The molecule has 106 valence electrons. The maximum atomic E-state index is 11.3. The van der Waals surface area contributed by atoms with Crippen LogP contribution in [-0.4, -0.2) is 42.9 Å². The lowest BCUT2D eigenvalue weighted by atomic mass is 9.93. The van der Waals surface area contributed by atoms with Crippen molar-refractivity contribution in [2.75, 3.05) is 31.6 Å². The molecule has 0 saturated heterocycles. The predicted molar refractivity (Wildman–Crippen MR) is 74.1 cm³/mol. The molecule has 0 unspecified atom stereocenters. The van der Waals surface area contributed by atoms with Crippen LogP contribution in [0.15, 0.2) is 12.1 Å². The third-order valence-electron chi connectivity index (χ3n) is 2.92. The highest BCUT2D eigenvalue weighted by Crippen LogP contribution is 2.19. The summed E-state index contributed by atoms with van der Waals surface area (Å²) in [4.78, 5) is 13.4. The maximum absolute atomic E-state index is 11.3. The van der Waals surface area contributed by atoms with Crippen molar-refractivity contribution in [3.63, 3.8) is 0 Å². The molecular formula is C13H22N4O2. The summed E-state index contributed by atoms with van der Waals surface area (Å²) in [6.07, 6.45) is 0. The summed E-state index contributed by atoms with van der Waals surface area (Å²) in [6.45, 7) is 8.43. The van der Waals surface area contributed by atoms with E-state index in [-0.39, 0.29) is 11.1 Å². The third kappa shape index (κ3) is 4.17. The van der Waals surface area contributed by atoms with E-state index in [4.69, 9.17) is 5.73 Å². The predicted octanol–water partition coefficient (Wildman–Crippen LogP) is 1.07. The van der Waals surface area contributed by atoms with Gasteiger partial charge in [0.15, 0.2) is 11.5 Å². The van der Waals surface area contributed by atoms with Crippen molar-refractivity contribution < 1.29 is 9.53 Å². The fraction of sp³-hybridized carbons (Fsp3) is 0.615. The normalized spacial score (nSPS) is 11.2. The Bertz CT molecular complexity index is 417. The van der Waals surface area contributed by atoms with Crippen LogP contribution in [0, 0.1) is 5.41 Å². The molecule has 0 fully saturated rings. The van der Waals surface area contributed by atoms with Crippen LogP contribution < -0.4 is 10.6 Å². The quantitative estimate of drug-likeness (QED) is 0.776. The van der Waals surface area contributed by atoms with E-state index in [0.717, 1.165) is 18.9 Å². The number of ether oxygens (including phenoxy) is 1. The van der Waals surface area contributed by atoms with E-state index < -0.39 is 5.97 Å². The Labute approximate surface area is 113 Å². The van der Waals surface area contributed by atoms with Crippen LogP contribution in [-0.2, 0) is 4.74 Å². The Hall–Kier alpha value is -1.69. The van der Waals surface area contributed by atoms with E-state index in [0.29, 0.717) is 6.54 Å². The lowest BCUT2D eigenvalue weighted by Crippen LogP contribution is -2.39. The molecule has 0 radical (unpaired) electrons. The maximum Gasteiger partial charge on any atom is 0.358 e. The summed E-state index contributed by atoms with van der Waals surface area (Å²) in [6, 6.07) is 3.39. The SMILES string of the molecule is CCN(CC(C)(C)CN)c1ccc(C(=O)OC)nn1. The molecule has 0 amide bonds. The molecule has 19 heavy (non-hydrogen) atoms. The molecule has 6 heteroatoms. The number of hydrogen-bond acceptors (Lipinski definition) is 6. The van der Waals surface area contributed by atoms with Crippen molar-refractivity contribution in [3.8, 4) is 0 Å². The zero-order valence-electron chi connectivity index (χ0n) is 12.0. The van der Waals surface area contributed by atoms with E-state index in [1.807, 2.05) is 6.92 Å². The van der Waals surface area contributed by atoms with Gasteiger partial charge in [-0.25, -0.2) is 4.79 Å². The minimum atomic E-state index is -0.482. The number of methoxy groups -OCH3 is 1. The van der Waals surface area contributed by atoms with Crippen molar-refractivity contribution in [1.29, 1.82) is 0 Å². The minimum absolute atomic E-state index is 0.00128. The molecule has 0 saturated carbocycles. The zero-order chi connectivity index (χ0) is 14.5. The number of carbonyl (C=O) groups is 1. The smallest absolute Gasteiger partial charge is 0.358 e. The molecular weight excluding hydrogens is 244 g/mol. The molecule has 1 aromatic rings. The Morgan fingerprint density at radius 3 is 2.53 bits per heavy atom. The van der Waals surface area contributed by atoms with Gasteiger partial charge in [0, 0.05) is 13.1 Å². The van der Waals surface area contributed by atoms with E-state index in [1.54, 1.807) is 12.1 Å². The van der Waals surface area contributed by atoms with Gasteiger partial charge >= 0.3 is 5.97 Å². The fourth-order valence-electron chi connectivity index (χ4n) is 1.64. The molecule has 0 aliphatic carbocycles. The third-order valence-corrected chi connectivity index (χ3v) is 2.92. The molecule has 0 aliphatic rings. The average Bonchev–Trinajstić information content (AvgIpc) is 2.44. The van der Waals surface area contributed by atoms with Crippen molar-refractivity contribution in [2.24, 2.45) is 11.1 Å². The van der Waals surface area contributed by atoms with Gasteiger partial charge in [0.1, 0.15) is 0 Å². The summed E-state index contributed by atoms with van der Waals surface area (Å²) in [7, 11) is 1.32. The first-order valence-electron chi connectivity index (χ1n) is 6.30. The molecule has 2 N–H and O–H groups in total. The number of rotatable bonds is 6. The van der Waals surface area contributed by atoms with Gasteiger partial charge in [0.2, 0.25) is 0 Å². The standard InChI is InChI=1S/C13H22N4O2/c1-5-17(9-13(2,3)8-14)11-7-6-10(15-16-11)12(18)19-4/h6-7H,5,8-9,14H2,1-4H3. The van der Waals surface area contributed by atoms with Crippen molar-refractivity contribution in [2.45, 2.75) is 20.8 Å². The highest BCUT2D eigenvalue weighted by Gasteiger charge is 2.21. The molecule has 0 bridgehead atoms. The number of esters is 1. The molecule has 1 heterocycles. The van der Waals surface area contributed by atoms with Gasteiger partial charge in [-0.2, -0.15) is 0 Å². The summed E-state index contributed by atoms with van der Waals surface area (Å²) < 4.78 is 4.59. The topological polar surface area (TPSA) is 81.3 Å². The van der Waals surface area contributed by atoms with Crippen LogP contribution in [0.25, 0.3) is 0 Å². The second-order valence-electron chi connectivity index (χ2n) is 5.15. The molecule has 0 atom stereocenters. The first kappa shape index (κ1) is 15.4. The van der Waals surface area contributed by atoms with Gasteiger partial charge in [0.25, 0.3) is 0 Å². The first-order chi connectivity index (χ1) is 8.93. The Morgan fingerprint density at radius 2 is 2.11 bits per heavy atom. The van der Waals surface area contributed by atoms with Crippen molar-refractivity contribution in [1.82, 2.24) is 10.2 Å². The molecule has 0 aliphatic heterocycles. The Balaban J connectivity index is 2.85. The highest BCUT2D eigenvalue weighted by atomic mass is 16.5. The molecule has 6 nitrogen and oxygen atoms in total. The fourth-order valence-corrected chi connectivity index (χ4v) is 1.64. The van der Waals surface area contributed by atoms with Crippen molar-refractivity contribution >= 4 is 11.8 Å². The summed E-state index contributed by atoms with van der Waals surface area (Å²) >= 11 is 0. The lowest BCUT2D eigenvalue weighted by Gasteiger charge is -2.31. The van der Waals surface area contributed by atoms with Crippen LogP contribution >= 0.6 is 0 Å². The number of anilines is 1.